The van der Waals surface area contributed by atoms with Gasteiger partial charge in [-0.05, 0) is 30.5 Å². The molecule has 1 aliphatic heterocycles. The summed E-state index contributed by atoms with van der Waals surface area (Å²) in [6.07, 6.45) is 1.73. The Balaban J connectivity index is 2.07. The van der Waals surface area contributed by atoms with E-state index in [0.717, 1.165) is 21.8 Å². The summed E-state index contributed by atoms with van der Waals surface area (Å²) in [5, 5.41) is 0.735. The van der Waals surface area contributed by atoms with Gasteiger partial charge < -0.3 is 4.74 Å². The molecule has 1 saturated heterocycles. The van der Waals surface area contributed by atoms with Crippen molar-refractivity contribution in [2.24, 2.45) is 0 Å². The number of ether oxygens (including phenoxy) is 1. The highest BCUT2D eigenvalue weighted by Gasteiger charge is 2.22. The fourth-order valence-corrected chi connectivity index (χ4v) is 3.00. The first-order valence-electron chi connectivity index (χ1n) is 7.04. The molecule has 1 aromatic heterocycles. The van der Waals surface area contributed by atoms with Crippen molar-refractivity contribution in [2.45, 2.75) is 25.6 Å². The van der Waals surface area contributed by atoms with Crippen LogP contribution in [0.1, 0.15) is 24.6 Å². The molecule has 0 spiro atoms. The lowest BCUT2D eigenvalue weighted by Gasteiger charge is -2.16. The molecule has 1 atom stereocenters. The van der Waals surface area contributed by atoms with Crippen LogP contribution in [0.15, 0.2) is 34.0 Å². The predicted octanol–water partition coefficient (Wildman–Crippen LogP) is 2.81. The molecule has 5 nitrogen and oxygen atoms in total. The Labute approximate surface area is 140 Å². The number of hydrogen-bond donors (Lipinski definition) is 0. The maximum Gasteiger partial charge on any atom is 0.333 e. The van der Waals surface area contributed by atoms with Gasteiger partial charge in [-0.3, -0.25) is 13.9 Å². The van der Waals surface area contributed by atoms with E-state index >= 15 is 0 Å². The Kier molecular flexibility index (Phi) is 4.57. The monoisotopic (exact) mass is 358 g/mol. The normalized spacial score (nSPS) is 17.6. The molecule has 0 saturated carbocycles. The van der Waals surface area contributed by atoms with Crippen molar-refractivity contribution in [2.75, 3.05) is 6.61 Å². The van der Waals surface area contributed by atoms with Crippen molar-refractivity contribution < 1.29 is 9.13 Å². The van der Waals surface area contributed by atoms with Crippen molar-refractivity contribution in [3.05, 3.63) is 66.7 Å². The molecule has 0 bridgehead atoms. The second-order valence-electron chi connectivity index (χ2n) is 5.26. The maximum absolute atomic E-state index is 13.9. The zero-order valence-electron chi connectivity index (χ0n) is 12.0. The summed E-state index contributed by atoms with van der Waals surface area (Å²) in [5.41, 5.74) is -1.12. The second-order valence-corrected chi connectivity index (χ2v) is 6.11. The number of aromatic nitrogens is 2. The molecule has 122 valence electrons. The van der Waals surface area contributed by atoms with Crippen LogP contribution in [0.4, 0.5) is 4.39 Å². The summed E-state index contributed by atoms with van der Waals surface area (Å²) in [6, 6.07) is 4.69. The minimum Gasteiger partial charge on any atom is -0.358 e. The molecule has 3 rings (SSSR count). The molecule has 23 heavy (non-hydrogen) atoms. The van der Waals surface area contributed by atoms with E-state index in [1.54, 1.807) is 12.1 Å². The molecule has 2 heterocycles. The summed E-state index contributed by atoms with van der Waals surface area (Å²) in [5.74, 6) is -1.01. The molecule has 1 aliphatic rings. The van der Waals surface area contributed by atoms with Crippen LogP contribution in [0, 0.1) is 5.82 Å². The van der Waals surface area contributed by atoms with Crippen molar-refractivity contribution in [3.8, 4) is 0 Å². The van der Waals surface area contributed by atoms with Crippen LogP contribution in [-0.4, -0.2) is 15.7 Å². The molecule has 0 amide bonds. The van der Waals surface area contributed by atoms with Gasteiger partial charge in [-0.2, -0.15) is 4.39 Å². The summed E-state index contributed by atoms with van der Waals surface area (Å²) in [6.45, 7) is 0.360. The van der Waals surface area contributed by atoms with Gasteiger partial charge in [0.15, 0.2) is 0 Å². The maximum atomic E-state index is 13.9. The van der Waals surface area contributed by atoms with E-state index in [2.05, 4.69) is 0 Å². The lowest BCUT2D eigenvalue weighted by Crippen LogP contribution is -2.42. The topological polar surface area (TPSA) is 53.2 Å². The molecule has 0 N–H and O–H groups in total. The van der Waals surface area contributed by atoms with Crippen molar-refractivity contribution in [3.63, 3.8) is 0 Å². The van der Waals surface area contributed by atoms with E-state index in [9.17, 15) is 14.0 Å². The number of hydrogen-bond acceptors (Lipinski definition) is 3. The lowest BCUT2D eigenvalue weighted by molar-refractivity contribution is 0.0504. The third kappa shape index (κ3) is 3.20. The van der Waals surface area contributed by atoms with Crippen molar-refractivity contribution >= 4 is 23.2 Å². The average Bonchev–Trinajstić information content (AvgIpc) is 3.03. The minimum atomic E-state index is -1.01. The SMILES string of the molecule is O=c1c(F)cn([C@@H]2CCCO2)c(=O)n1Cc1ccc(Cl)cc1Cl. The number of nitrogens with zero attached hydrogens (tertiary/aromatic N) is 2. The van der Waals surface area contributed by atoms with Gasteiger partial charge >= 0.3 is 5.69 Å². The van der Waals surface area contributed by atoms with Crippen LogP contribution < -0.4 is 11.2 Å². The second kappa shape index (κ2) is 6.47. The lowest BCUT2D eigenvalue weighted by atomic mass is 10.2. The molecule has 2 aromatic rings. The molecule has 1 aromatic carbocycles. The molecular weight excluding hydrogens is 346 g/mol. The van der Waals surface area contributed by atoms with E-state index in [1.165, 1.54) is 6.07 Å². The van der Waals surface area contributed by atoms with Gasteiger partial charge in [0.05, 0.1) is 12.7 Å². The fraction of sp³-hybridized carbons (Fsp3) is 0.333. The predicted molar refractivity (Wildman–Crippen MR) is 84.7 cm³/mol. The van der Waals surface area contributed by atoms with Gasteiger partial charge in [-0.1, -0.05) is 29.3 Å². The molecule has 0 aliphatic carbocycles. The third-order valence-electron chi connectivity index (χ3n) is 3.71. The smallest absolute Gasteiger partial charge is 0.333 e. The Morgan fingerprint density at radius 2 is 2.09 bits per heavy atom. The van der Waals surface area contributed by atoms with E-state index in [1.807, 2.05) is 0 Å². The quantitative estimate of drug-likeness (QED) is 0.847. The molecule has 0 unspecified atom stereocenters. The third-order valence-corrected chi connectivity index (χ3v) is 4.30. The van der Waals surface area contributed by atoms with Crippen LogP contribution in [0.2, 0.25) is 10.0 Å². The van der Waals surface area contributed by atoms with Crippen molar-refractivity contribution in [1.29, 1.82) is 0 Å². The standard InChI is InChI=1S/C15H13Cl2FN2O3/c16-10-4-3-9(11(17)6-10)7-20-14(21)12(18)8-19(15(20)22)13-2-1-5-23-13/h3-4,6,8,13H,1-2,5,7H2/t13-/m0/s1. The summed E-state index contributed by atoms with van der Waals surface area (Å²) < 4.78 is 21.3. The minimum absolute atomic E-state index is 0.141. The Morgan fingerprint density at radius 3 is 2.74 bits per heavy atom. The van der Waals surface area contributed by atoms with Crippen LogP contribution in [0.25, 0.3) is 0 Å². The van der Waals surface area contributed by atoms with Gasteiger partial charge in [-0.15, -0.1) is 0 Å². The number of halogens is 3. The van der Waals surface area contributed by atoms with Crippen LogP contribution in [0.3, 0.4) is 0 Å². The Hall–Kier alpha value is -1.63. The van der Waals surface area contributed by atoms with E-state index < -0.39 is 23.3 Å². The fourth-order valence-electron chi connectivity index (χ4n) is 2.53. The zero-order chi connectivity index (χ0) is 16.6. The van der Waals surface area contributed by atoms with Gasteiger partial charge in [-0.25, -0.2) is 4.79 Å². The molecule has 8 heteroatoms. The summed E-state index contributed by atoms with van der Waals surface area (Å²) in [4.78, 5) is 24.5. The van der Waals surface area contributed by atoms with Gasteiger partial charge in [0.25, 0.3) is 5.56 Å². The summed E-state index contributed by atoms with van der Waals surface area (Å²) >= 11 is 11.9. The largest absolute Gasteiger partial charge is 0.358 e. The number of rotatable bonds is 3. The number of benzene rings is 1. The Bertz CT molecular complexity index is 857. The molecule has 0 radical (unpaired) electrons. The highest BCUT2D eigenvalue weighted by Crippen LogP contribution is 2.22. The van der Waals surface area contributed by atoms with Crippen molar-refractivity contribution in [1.82, 2.24) is 9.13 Å². The highest BCUT2D eigenvalue weighted by molar-refractivity contribution is 6.35. The van der Waals surface area contributed by atoms with Gasteiger partial charge in [0.2, 0.25) is 5.82 Å². The molecular formula is C15H13Cl2FN2O3. The highest BCUT2D eigenvalue weighted by atomic mass is 35.5. The van der Waals surface area contributed by atoms with E-state index in [4.69, 9.17) is 27.9 Å². The summed E-state index contributed by atoms with van der Waals surface area (Å²) in [7, 11) is 0. The first-order chi connectivity index (χ1) is 11.0. The Morgan fingerprint density at radius 1 is 1.30 bits per heavy atom. The first-order valence-corrected chi connectivity index (χ1v) is 7.80. The van der Waals surface area contributed by atoms with Crippen LogP contribution in [-0.2, 0) is 11.3 Å². The first kappa shape index (κ1) is 16.2. The van der Waals surface area contributed by atoms with Gasteiger partial charge in [0.1, 0.15) is 6.23 Å². The van der Waals surface area contributed by atoms with E-state index in [0.29, 0.717) is 28.6 Å². The van der Waals surface area contributed by atoms with E-state index in [-0.39, 0.29) is 6.54 Å². The average molecular weight is 359 g/mol. The zero-order valence-corrected chi connectivity index (χ0v) is 13.5. The van der Waals surface area contributed by atoms with Gasteiger partial charge in [0, 0.05) is 16.7 Å². The van der Waals surface area contributed by atoms with Crippen LogP contribution in [0.5, 0.6) is 0 Å². The molecule has 1 fully saturated rings. The van der Waals surface area contributed by atoms with Crippen LogP contribution >= 0.6 is 23.2 Å².